The summed E-state index contributed by atoms with van der Waals surface area (Å²) in [5.41, 5.74) is 0.637. The number of benzene rings is 1. The van der Waals surface area contributed by atoms with Crippen molar-refractivity contribution in [3.63, 3.8) is 0 Å². The van der Waals surface area contributed by atoms with Crippen molar-refractivity contribution < 1.29 is 9.72 Å². The molecule has 0 aromatic heterocycles. The fraction of sp³-hybridized carbons (Fsp3) is 0.533. The van der Waals surface area contributed by atoms with Crippen LogP contribution in [0, 0.1) is 16.0 Å². The molecular formula is C15H22ClN3O3. The molecule has 1 atom stereocenters. The molecule has 1 heterocycles. The number of rotatable bonds is 6. The molecule has 122 valence electrons. The van der Waals surface area contributed by atoms with E-state index >= 15 is 0 Å². The van der Waals surface area contributed by atoms with E-state index in [4.69, 9.17) is 0 Å². The van der Waals surface area contributed by atoms with Gasteiger partial charge in [-0.05, 0) is 31.8 Å². The Morgan fingerprint density at radius 1 is 1.45 bits per heavy atom. The molecule has 0 radical (unpaired) electrons. The highest BCUT2D eigenvalue weighted by atomic mass is 35.5. The predicted molar refractivity (Wildman–Crippen MR) is 87.0 cm³/mol. The second-order valence-electron chi connectivity index (χ2n) is 5.53. The van der Waals surface area contributed by atoms with Gasteiger partial charge in [-0.1, -0.05) is 18.2 Å². The van der Waals surface area contributed by atoms with Crippen molar-refractivity contribution >= 4 is 24.0 Å². The van der Waals surface area contributed by atoms with Gasteiger partial charge >= 0.3 is 0 Å². The number of nitrogens with zero attached hydrogens (tertiary/aromatic N) is 2. The quantitative estimate of drug-likeness (QED) is 0.643. The van der Waals surface area contributed by atoms with Crippen molar-refractivity contribution in [3.05, 3.63) is 39.9 Å². The predicted octanol–water partition coefficient (Wildman–Crippen LogP) is 2.36. The Morgan fingerprint density at radius 2 is 2.18 bits per heavy atom. The number of hydrogen-bond donors (Lipinski definition) is 1. The smallest absolute Gasteiger partial charge is 0.274 e. The van der Waals surface area contributed by atoms with Crippen molar-refractivity contribution in [2.24, 2.45) is 5.92 Å². The Kier molecular flexibility index (Phi) is 7.27. The molecule has 2 rings (SSSR count). The summed E-state index contributed by atoms with van der Waals surface area (Å²) in [6, 6.07) is 6.56. The summed E-state index contributed by atoms with van der Waals surface area (Å²) in [5.74, 6) is 0.619. The van der Waals surface area contributed by atoms with Crippen LogP contribution < -0.4 is 5.32 Å². The van der Waals surface area contributed by atoms with Crippen molar-refractivity contribution in [1.29, 1.82) is 0 Å². The van der Waals surface area contributed by atoms with Crippen LogP contribution in [0.1, 0.15) is 24.8 Å². The van der Waals surface area contributed by atoms with E-state index in [9.17, 15) is 14.9 Å². The van der Waals surface area contributed by atoms with Crippen LogP contribution in [0.2, 0.25) is 0 Å². The largest absolute Gasteiger partial charge is 0.341 e. The van der Waals surface area contributed by atoms with Gasteiger partial charge in [0.15, 0.2) is 0 Å². The molecule has 1 aromatic rings. The Balaban J connectivity index is 0.00000242. The van der Waals surface area contributed by atoms with E-state index in [-0.39, 0.29) is 30.5 Å². The Bertz CT molecular complexity index is 519. The highest BCUT2D eigenvalue weighted by molar-refractivity contribution is 5.85. The molecule has 1 aromatic carbocycles. The number of carbonyl (C=O) groups is 1. The maximum Gasteiger partial charge on any atom is 0.274 e. The van der Waals surface area contributed by atoms with E-state index in [1.54, 1.807) is 30.1 Å². The van der Waals surface area contributed by atoms with Gasteiger partial charge in [-0.2, -0.15) is 0 Å². The molecule has 1 saturated heterocycles. The van der Waals surface area contributed by atoms with E-state index in [2.05, 4.69) is 5.32 Å². The number of hydrogen-bond acceptors (Lipinski definition) is 4. The minimum Gasteiger partial charge on any atom is -0.341 e. The first kappa shape index (κ1) is 18.4. The lowest BCUT2D eigenvalue weighted by molar-refractivity contribution is -0.385. The summed E-state index contributed by atoms with van der Waals surface area (Å²) >= 11 is 0. The third kappa shape index (κ3) is 4.96. The minimum absolute atomic E-state index is 0. The van der Waals surface area contributed by atoms with Gasteiger partial charge in [0.25, 0.3) is 5.69 Å². The average molecular weight is 328 g/mol. The van der Waals surface area contributed by atoms with Crippen LogP contribution in [0.5, 0.6) is 0 Å². The van der Waals surface area contributed by atoms with Gasteiger partial charge in [-0.25, -0.2) is 0 Å². The van der Waals surface area contributed by atoms with Gasteiger partial charge in [0.05, 0.1) is 11.5 Å². The molecule has 1 amide bonds. The van der Waals surface area contributed by atoms with Crippen molar-refractivity contribution in [1.82, 2.24) is 10.2 Å². The summed E-state index contributed by atoms with van der Waals surface area (Å²) in [4.78, 5) is 24.3. The Labute approximate surface area is 136 Å². The van der Waals surface area contributed by atoms with Gasteiger partial charge in [-0.15, -0.1) is 12.4 Å². The molecule has 6 nitrogen and oxygen atoms in total. The van der Waals surface area contributed by atoms with Crippen molar-refractivity contribution in [2.75, 3.05) is 20.1 Å². The van der Waals surface area contributed by atoms with Crippen LogP contribution in [-0.4, -0.2) is 35.9 Å². The zero-order valence-corrected chi connectivity index (χ0v) is 13.5. The lowest BCUT2D eigenvalue weighted by Crippen LogP contribution is -2.27. The molecule has 0 bridgehead atoms. The van der Waals surface area contributed by atoms with Crippen LogP contribution in [0.4, 0.5) is 5.69 Å². The van der Waals surface area contributed by atoms with E-state index in [1.165, 1.54) is 6.07 Å². The molecule has 1 unspecified atom stereocenters. The minimum atomic E-state index is -0.405. The summed E-state index contributed by atoms with van der Waals surface area (Å²) < 4.78 is 0. The van der Waals surface area contributed by atoms with Crippen LogP contribution in [0.15, 0.2) is 24.3 Å². The number of para-hydroxylation sites is 1. The van der Waals surface area contributed by atoms with Crippen LogP contribution >= 0.6 is 12.4 Å². The van der Waals surface area contributed by atoms with Crippen LogP contribution in [0.25, 0.3) is 0 Å². The fourth-order valence-electron chi connectivity index (χ4n) is 2.65. The van der Waals surface area contributed by atoms with E-state index in [0.29, 0.717) is 17.9 Å². The van der Waals surface area contributed by atoms with Gasteiger partial charge < -0.3 is 10.2 Å². The molecular weight excluding hydrogens is 306 g/mol. The first-order valence-corrected chi connectivity index (χ1v) is 7.25. The molecule has 1 aliphatic rings. The van der Waals surface area contributed by atoms with Crippen molar-refractivity contribution in [2.45, 2.75) is 25.8 Å². The number of nitro groups is 1. The second-order valence-corrected chi connectivity index (χ2v) is 5.53. The van der Waals surface area contributed by atoms with E-state index < -0.39 is 4.92 Å². The third-order valence-electron chi connectivity index (χ3n) is 3.95. The highest BCUT2D eigenvalue weighted by Gasteiger charge is 2.19. The Morgan fingerprint density at radius 3 is 2.82 bits per heavy atom. The number of carbonyl (C=O) groups excluding carboxylic acids is 1. The molecule has 0 spiro atoms. The first-order valence-electron chi connectivity index (χ1n) is 7.25. The summed E-state index contributed by atoms with van der Waals surface area (Å²) in [6.07, 6.45) is 2.51. The maximum absolute atomic E-state index is 12.1. The molecule has 1 fully saturated rings. The third-order valence-corrected chi connectivity index (χ3v) is 3.95. The second kappa shape index (κ2) is 8.70. The summed E-state index contributed by atoms with van der Waals surface area (Å²) in [7, 11) is 1.70. The first-order chi connectivity index (χ1) is 10.1. The topological polar surface area (TPSA) is 75.5 Å². The fourth-order valence-corrected chi connectivity index (χ4v) is 2.65. The SMILES string of the molecule is CN(Cc1ccccc1[N+](=O)[O-])C(=O)CCC1CCNC1.Cl. The number of nitro benzene ring substituents is 1. The average Bonchev–Trinajstić information content (AvgIpc) is 2.98. The summed E-state index contributed by atoms with van der Waals surface area (Å²) in [6.45, 7) is 2.30. The standard InChI is InChI=1S/C15H21N3O3.ClH/c1-17(15(19)7-6-12-8-9-16-10-12)11-13-4-2-3-5-14(13)18(20)21;/h2-5,12,16H,6-11H2,1H3;1H. The maximum atomic E-state index is 12.1. The van der Waals surface area contributed by atoms with E-state index in [1.807, 2.05) is 0 Å². The van der Waals surface area contributed by atoms with Crippen LogP contribution in [-0.2, 0) is 11.3 Å². The number of nitrogens with one attached hydrogen (secondary N) is 1. The lowest BCUT2D eigenvalue weighted by atomic mass is 10.0. The molecule has 0 saturated carbocycles. The highest BCUT2D eigenvalue weighted by Crippen LogP contribution is 2.20. The zero-order valence-electron chi connectivity index (χ0n) is 12.7. The molecule has 7 heteroatoms. The summed E-state index contributed by atoms with van der Waals surface area (Å²) in [5, 5.41) is 14.3. The normalized spacial score (nSPS) is 16.9. The zero-order chi connectivity index (χ0) is 15.2. The van der Waals surface area contributed by atoms with Gasteiger partial charge in [-0.3, -0.25) is 14.9 Å². The molecule has 1 aliphatic heterocycles. The van der Waals surface area contributed by atoms with Crippen molar-refractivity contribution in [3.8, 4) is 0 Å². The molecule has 0 aliphatic carbocycles. The molecule has 22 heavy (non-hydrogen) atoms. The lowest BCUT2D eigenvalue weighted by Gasteiger charge is -2.18. The van der Waals surface area contributed by atoms with Gasteiger partial charge in [0.1, 0.15) is 0 Å². The Hall–Kier alpha value is -1.66. The monoisotopic (exact) mass is 327 g/mol. The van der Waals surface area contributed by atoms with Gasteiger partial charge in [0, 0.05) is 25.1 Å². The van der Waals surface area contributed by atoms with Crippen LogP contribution in [0.3, 0.4) is 0 Å². The number of amides is 1. The van der Waals surface area contributed by atoms with Gasteiger partial charge in [0.2, 0.25) is 5.91 Å². The molecule has 1 N–H and O–H groups in total. The number of halogens is 1. The van der Waals surface area contributed by atoms with E-state index in [0.717, 1.165) is 25.9 Å².